The van der Waals surface area contributed by atoms with E-state index in [2.05, 4.69) is 6.92 Å². The first kappa shape index (κ1) is 18.4. The summed E-state index contributed by atoms with van der Waals surface area (Å²) in [5, 5.41) is 38.4. The monoisotopic (exact) mass is 330 g/mol. The van der Waals surface area contributed by atoms with Gasteiger partial charge in [0.1, 0.15) is 30.2 Å². The van der Waals surface area contributed by atoms with Gasteiger partial charge >= 0.3 is 0 Å². The Labute approximate surface area is 135 Å². The Kier molecular flexibility index (Phi) is 6.16. The number of ether oxygens (including phenoxy) is 2. The molecule has 1 aliphatic heterocycles. The van der Waals surface area contributed by atoms with Crippen molar-refractivity contribution in [1.82, 2.24) is 0 Å². The summed E-state index contributed by atoms with van der Waals surface area (Å²) in [5.41, 5.74) is 0.735. The number of Topliss-reactive ketones (excluding diaryl/α,β-unsaturated/α-hetero) is 1. The largest absolute Gasteiger partial charge is 0.470 e. The Bertz CT molecular complexity index is 448. The molecule has 1 saturated heterocycles. The van der Waals surface area contributed by atoms with E-state index in [4.69, 9.17) is 14.6 Å². The summed E-state index contributed by atoms with van der Waals surface area (Å²) in [6, 6.07) is 0. The zero-order chi connectivity index (χ0) is 17.1. The first-order valence-corrected chi connectivity index (χ1v) is 8.00. The smallest absolute Gasteiger partial charge is 0.228 e. The standard InChI is InChI=1S/C16H26O7/c1-8-3-4-10(11(18)5-8)9(2)7-22-16-15(21)14(20)13(19)12(6-17)23-16/h7-8,10,12-17,19-21H,3-6H2,1-2H3/b9-7+/t8-,10+,12-,13-,14+,15-,16-/m0/s1. The highest BCUT2D eigenvalue weighted by Crippen LogP contribution is 2.31. The Hall–Kier alpha value is -0.990. The van der Waals surface area contributed by atoms with Crippen LogP contribution in [0.1, 0.15) is 33.1 Å². The van der Waals surface area contributed by atoms with Crippen LogP contribution in [0.15, 0.2) is 11.8 Å². The summed E-state index contributed by atoms with van der Waals surface area (Å²) >= 11 is 0. The molecule has 1 aliphatic carbocycles. The second kappa shape index (κ2) is 7.72. The van der Waals surface area contributed by atoms with Crippen molar-refractivity contribution < 1.29 is 34.7 Å². The Morgan fingerprint density at radius 1 is 1.26 bits per heavy atom. The molecule has 2 rings (SSSR count). The van der Waals surface area contributed by atoms with E-state index >= 15 is 0 Å². The minimum Gasteiger partial charge on any atom is -0.470 e. The molecule has 2 fully saturated rings. The van der Waals surface area contributed by atoms with Crippen LogP contribution in [0, 0.1) is 11.8 Å². The zero-order valence-corrected chi connectivity index (χ0v) is 13.5. The van der Waals surface area contributed by atoms with Crippen LogP contribution in [0.2, 0.25) is 0 Å². The lowest BCUT2D eigenvalue weighted by molar-refractivity contribution is -0.288. The lowest BCUT2D eigenvalue weighted by atomic mass is 9.79. The zero-order valence-electron chi connectivity index (χ0n) is 13.5. The second-order valence-electron chi connectivity index (χ2n) is 6.60. The van der Waals surface area contributed by atoms with Crippen molar-refractivity contribution in [3.05, 3.63) is 11.8 Å². The maximum absolute atomic E-state index is 12.1. The molecule has 132 valence electrons. The summed E-state index contributed by atoms with van der Waals surface area (Å²) < 4.78 is 10.6. The molecular weight excluding hydrogens is 304 g/mol. The van der Waals surface area contributed by atoms with Crippen LogP contribution in [0.25, 0.3) is 0 Å². The van der Waals surface area contributed by atoms with Crippen molar-refractivity contribution in [3.63, 3.8) is 0 Å². The number of carbonyl (C=O) groups is 1. The second-order valence-corrected chi connectivity index (χ2v) is 6.60. The number of allylic oxidation sites excluding steroid dienone is 1. The average molecular weight is 330 g/mol. The van der Waals surface area contributed by atoms with Gasteiger partial charge in [0, 0.05) is 12.3 Å². The van der Waals surface area contributed by atoms with E-state index in [1.165, 1.54) is 6.26 Å². The Balaban J connectivity index is 1.99. The number of carbonyl (C=O) groups excluding carboxylic acids is 1. The molecule has 2 aliphatic rings. The maximum Gasteiger partial charge on any atom is 0.228 e. The topological polar surface area (TPSA) is 116 Å². The Morgan fingerprint density at radius 3 is 2.57 bits per heavy atom. The molecule has 0 radical (unpaired) electrons. The molecule has 7 heteroatoms. The van der Waals surface area contributed by atoms with Gasteiger partial charge in [-0.2, -0.15) is 0 Å². The van der Waals surface area contributed by atoms with Crippen molar-refractivity contribution in [3.8, 4) is 0 Å². The number of rotatable bonds is 4. The SMILES string of the molecule is C/C(=C\O[C@H]1O[C@@H](CO)[C@H](O)[C@@H](O)[C@@H]1O)[C@H]1CC[C@H](C)CC1=O. The van der Waals surface area contributed by atoms with Gasteiger partial charge in [0.15, 0.2) is 0 Å². The summed E-state index contributed by atoms with van der Waals surface area (Å²) in [4.78, 5) is 12.1. The van der Waals surface area contributed by atoms with Gasteiger partial charge in [0.2, 0.25) is 6.29 Å². The molecule has 0 aromatic heterocycles. The van der Waals surface area contributed by atoms with E-state index < -0.39 is 37.3 Å². The molecule has 0 aromatic carbocycles. The van der Waals surface area contributed by atoms with Gasteiger partial charge in [-0.3, -0.25) is 4.79 Å². The molecule has 0 aromatic rings. The quantitative estimate of drug-likeness (QED) is 0.523. The van der Waals surface area contributed by atoms with Crippen molar-refractivity contribution in [2.75, 3.05) is 6.61 Å². The third-order valence-corrected chi connectivity index (χ3v) is 4.67. The highest BCUT2D eigenvalue weighted by atomic mass is 16.7. The number of ketones is 1. The number of hydrogen-bond acceptors (Lipinski definition) is 7. The maximum atomic E-state index is 12.1. The fourth-order valence-corrected chi connectivity index (χ4v) is 3.12. The lowest BCUT2D eigenvalue weighted by Gasteiger charge is -2.39. The first-order valence-electron chi connectivity index (χ1n) is 8.00. The molecule has 1 saturated carbocycles. The van der Waals surface area contributed by atoms with Crippen LogP contribution in [0.3, 0.4) is 0 Å². The predicted octanol–water partition coefficient (Wildman–Crippen LogP) is -0.288. The highest BCUT2D eigenvalue weighted by Gasteiger charge is 2.44. The predicted molar refractivity (Wildman–Crippen MR) is 80.1 cm³/mol. The minimum absolute atomic E-state index is 0.176. The number of aliphatic hydroxyl groups is 4. The lowest BCUT2D eigenvalue weighted by Crippen LogP contribution is -2.58. The van der Waals surface area contributed by atoms with Gasteiger partial charge in [-0.25, -0.2) is 0 Å². The van der Waals surface area contributed by atoms with Crippen molar-refractivity contribution >= 4 is 5.78 Å². The average Bonchev–Trinajstić information content (AvgIpc) is 2.51. The van der Waals surface area contributed by atoms with Gasteiger partial charge in [-0.15, -0.1) is 0 Å². The molecule has 0 amide bonds. The van der Waals surface area contributed by atoms with E-state index in [1.807, 2.05) is 0 Å². The van der Waals surface area contributed by atoms with Crippen LogP contribution in [0.4, 0.5) is 0 Å². The third-order valence-electron chi connectivity index (χ3n) is 4.67. The molecule has 0 spiro atoms. The van der Waals surface area contributed by atoms with E-state index in [1.54, 1.807) is 6.92 Å². The van der Waals surface area contributed by atoms with Crippen LogP contribution in [-0.2, 0) is 14.3 Å². The number of aliphatic hydroxyl groups excluding tert-OH is 4. The fraction of sp³-hybridized carbons (Fsp3) is 0.812. The van der Waals surface area contributed by atoms with Crippen molar-refractivity contribution in [1.29, 1.82) is 0 Å². The highest BCUT2D eigenvalue weighted by molar-refractivity contribution is 5.84. The van der Waals surface area contributed by atoms with Crippen LogP contribution in [0.5, 0.6) is 0 Å². The minimum atomic E-state index is -1.48. The first-order chi connectivity index (χ1) is 10.8. The van der Waals surface area contributed by atoms with Crippen LogP contribution in [-0.4, -0.2) is 63.5 Å². The van der Waals surface area contributed by atoms with Gasteiger partial charge in [-0.1, -0.05) is 6.92 Å². The molecule has 7 atom stereocenters. The van der Waals surface area contributed by atoms with E-state index in [9.17, 15) is 20.1 Å². The molecule has 4 N–H and O–H groups in total. The van der Waals surface area contributed by atoms with Gasteiger partial charge in [-0.05, 0) is 31.3 Å². The van der Waals surface area contributed by atoms with Gasteiger partial charge < -0.3 is 29.9 Å². The molecular formula is C16H26O7. The molecule has 0 unspecified atom stereocenters. The van der Waals surface area contributed by atoms with Crippen LogP contribution < -0.4 is 0 Å². The van der Waals surface area contributed by atoms with Crippen LogP contribution >= 0.6 is 0 Å². The van der Waals surface area contributed by atoms with Gasteiger partial charge in [0.05, 0.1) is 12.9 Å². The van der Waals surface area contributed by atoms with Crippen molar-refractivity contribution in [2.24, 2.45) is 11.8 Å². The molecule has 1 heterocycles. The normalized spacial score (nSPS) is 42.6. The van der Waals surface area contributed by atoms with E-state index in [-0.39, 0.29) is 11.7 Å². The van der Waals surface area contributed by atoms with E-state index in [0.29, 0.717) is 12.3 Å². The Morgan fingerprint density at radius 2 is 1.96 bits per heavy atom. The summed E-state index contributed by atoms with van der Waals surface area (Å²) in [7, 11) is 0. The summed E-state index contributed by atoms with van der Waals surface area (Å²) in [6.45, 7) is 3.33. The molecule has 0 bridgehead atoms. The summed E-state index contributed by atoms with van der Waals surface area (Å²) in [6.07, 6.45) is -2.90. The fourth-order valence-electron chi connectivity index (χ4n) is 3.12. The third kappa shape index (κ3) is 4.10. The van der Waals surface area contributed by atoms with Crippen molar-refractivity contribution in [2.45, 2.75) is 63.8 Å². The van der Waals surface area contributed by atoms with E-state index in [0.717, 1.165) is 18.4 Å². The summed E-state index contributed by atoms with van der Waals surface area (Å²) in [5.74, 6) is 0.379. The number of hydrogen-bond donors (Lipinski definition) is 4. The van der Waals surface area contributed by atoms with Gasteiger partial charge in [0.25, 0.3) is 0 Å². The molecule has 7 nitrogen and oxygen atoms in total. The molecule has 23 heavy (non-hydrogen) atoms.